The lowest BCUT2D eigenvalue weighted by molar-refractivity contribution is 0.197. The van der Waals surface area contributed by atoms with Gasteiger partial charge >= 0.3 is 0 Å². The fraction of sp³-hybridized carbons (Fsp3) is 0.421. The van der Waals surface area contributed by atoms with Crippen LogP contribution in [0, 0.1) is 6.92 Å². The van der Waals surface area contributed by atoms with Gasteiger partial charge in [0.1, 0.15) is 11.6 Å². The summed E-state index contributed by atoms with van der Waals surface area (Å²) in [6.45, 7) is 4.54. The van der Waals surface area contributed by atoms with Gasteiger partial charge in [0.25, 0.3) is 5.56 Å². The first-order chi connectivity index (χ1) is 12.6. The first kappa shape index (κ1) is 16.8. The minimum absolute atomic E-state index is 0.0729. The zero-order valence-electron chi connectivity index (χ0n) is 15.1. The van der Waals surface area contributed by atoms with Crippen molar-refractivity contribution < 1.29 is 4.74 Å². The lowest BCUT2D eigenvalue weighted by Gasteiger charge is -2.32. The number of rotatable bonds is 4. The number of hydrogen-bond acceptors (Lipinski definition) is 5. The summed E-state index contributed by atoms with van der Waals surface area (Å²) in [5, 5.41) is 8.66. The highest BCUT2D eigenvalue weighted by Gasteiger charge is 2.24. The lowest BCUT2D eigenvalue weighted by atomic mass is 9.94. The molecule has 1 aliphatic rings. The van der Waals surface area contributed by atoms with Gasteiger partial charge in [-0.1, -0.05) is 0 Å². The van der Waals surface area contributed by atoms with E-state index in [4.69, 9.17) is 4.74 Å². The van der Waals surface area contributed by atoms with Crippen LogP contribution in [-0.4, -0.2) is 45.3 Å². The van der Waals surface area contributed by atoms with Gasteiger partial charge in [0, 0.05) is 30.5 Å². The Morgan fingerprint density at radius 2 is 2.23 bits per heavy atom. The summed E-state index contributed by atoms with van der Waals surface area (Å²) in [5.74, 6) is 1.80. The van der Waals surface area contributed by atoms with Crippen molar-refractivity contribution in [3.63, 3.8) is 0 Å². The molecule has 0 radical (unpaired) electrons. The van der Waals surface area contributed by atoms with Crippen molar-refractivity contribution in [2.45, 2.75) is 32.2 Å². The highest BCUT2D eigenvalue weighted by atomic mass is 16.5. The van der Waals surface area contributed by atoms with E-state index in [0.29, 0.717) is 5.82 Å². The molecule has 0 amide bonds. The molecule has 0 bridgehead atoms. The highest BCUT2D eigenvalue weighted by molar-refractivity contribution is 5.82. The smallest absolute Gasteiger partial charge is 0.251 e. The van der Waals surface area contributed by atoms with Crippen molar-refractivity contribution in [2.75, 3.05) is 20.2 Å². The summed E-state index contributed by atoms with van der Waals surface area (Å²) in [5.41, 5.74) is 2.86. The Morgan fingerprint density at radius 3 is 3.04 bits per heavy atom. The number of benzene rings is 1. The molecule has 7 heteroatoms. The second-order valence-corrected chi connectivity index (χ2v) is 6.92. The third-order valence-corrected chi connectivity index (χ3v) is 5.03. The van der Waals surface area contributed by atoms with Crippen molar-refractivity contribution in [3.05, 3.63) is 51.8 Å². The van der Waals surface area contributed by atoms with Gasteiger partial charge in [-0.05, 0) is 44.5 Å². The predicted octanol–water partition coefficient (Wildman–Crippen LogP) is 2.34. The Morgan fingerprint density at radius 1 is 1.35 bits per heavy atom. The summed E-state index contributed by atoms with van der Waals surface area (Å²) in [6.07, 6.45) is 2.15. The summed E-state index contributed by atoms with van der Waals surface area (Å²) < 4.78 is 5.34. The Hall–Kier alpha value is -2.67. The van der Waals surface area contributed by atoms with Gasteiger partial charge in [-0.15, -0.1) is 0 Å². The lowest BCUT2D eigenvalue weighted by Crippen LogP contribution is -2.34. The number of fused-ring (bicyclic) bond motifs is 1. The number of ether oxygens (including phenoxy) is 1. The van der Waals surface area contributed by atoms with Crippen molar-refractivity contribution in [1.82, 2.24) is 25.1 Å². The Kier molecular flexibility index (Phi) is 4.46. The average Bonchev–Trinajstić information content (AvgIpc) is 3.03. The summed E-state index contributed by atoms with van der Waals surface area (Å²) in [7, 11) is 1.67. The standard InChI is InChI=1S/C19H23N5O2/c1-12-20-17(9-19(25)21-12)13-4-3-7-24(10-13)11-18-15-8-14(26-2)5-6-16(15)22-23-18/h5-6,8-9,13H,3-4,7,10-11H2,1-2H3,(H,22,23)(H,20,21,25). The maximum absolute atomic E-state index is 11.8. The number of methoxy groups -OCH3 is 1. The molecule has 1 saturated heterocycles. The van der Waals surface area contributed by atoms with Crippen LogP contribution in [0.5, 0.6) is 5.75 Å². The number of piperidine rings is 1. The zero-order chi connectivity index (χ0) is 18.1. The monoisotopic (exact) mass is 353 g/mol. The molecule has 7 nitrogen and oxygen atoms in total. The van der Waals surface area contributed by atoms with Crippen molar-refractivity contribution in [2.24, 2.45) is 0 Å². The van der Waals surface area contributed by atoms with E-state index >= 15 is 0 Å². The van der Waals surface area contributed by atoms with Crippen LogP contribution in [0.1, 0.15) is 36.0 Å². The second kappa shape index (κ2) is 6.92. The molecule has 2 N–H and O–H groups in total. The number of nitrogens with zero attached hydrogens (tertiary/aromatic N) is 3. The molecule has 3 aromatic rings. The molecule has 3 heterocycles. The molecule has 1 fully saturated rings. The van der Waals surface area contributed by atoms with Gasteiger partial charge in [-0.2, -0.15) is 5.10 Å². The number of nitrogens with one attached hydrogen (secondary N) is 2. The Bertz CT molecular complexity index is 977. The maximum atomic E-state index is 11.8. The van der Waals surface area contributed by atoms with Gasteiger partial charge in [0.15, 0.2) is 0 Å². The minimum Gasteiger partial charge on any atom is -0.497 e. The van der Waals surface area contributed by atoms with Crippen LogP contribution in [-0.2, 0) is 6.54 Å². The first-order valence-corrected chi connectivity index (χ1v) is 8.93. The van der Waals surface area contributed by atoms with E-state index < -0.39 is 0 Å². The summed E-state index contributed by atoms with van der Waals surface area (Å²) >= 11 is 0. The number of H-pyrrole nitrogens is 2. The van der Waals surface area contributed by atoms with Crippen molar-refractivity contribution >= 4 is 10.9 Å². The van der Waals surface area contributed by atoms with E-state index in [9.17, 15) is 4.79 Å². The molecule has 0 saturated carbocycles. The fourth-order valence-corrected chi connectivity index (χ4v) is 3.77. The van der Waals surface area contributed by atoms with Gasteiger partial charge in [0.2, 0.25) is 0 Å². The number of aromatic nitrogens is 4. The van der Waals surface area contributed by atoms with E-state index in [0.717, 1.165) is 60.5 Å². The molecule has 1 atom stereocenters. The number of aryl methyl sites for hydroxylation is 1. The van der Waals surface area contributed by atoms with E-state index in [1.165, 1.54) is 0 Å². The van der Waals surface area contributed by atoms with Crippen LogP contribution in [0.4, 0.5) is 0 Å². The van der Waals surface area contributed by atoms with Crippen molar-refractivity contribution in [1.29, 1.82) is 0 Å². The SMILES string of the molecule is COc1ccc2n[nH]c(CN3CCCC(c4cc(=O)[nH]c(C)n4)C3)c2c1. The molecule has 4 rings (SSSR count). The average molecular weight is 353 g/mol. The van der Waals surface area contributed by atoms with Gasteiger partial charge in [-0.25, -0.2) is 4.98 Å². The number of hydrogen-bond donors (Lipinski definition) is 2. The van der Waals surface area contributed by atoms with Crippen LogP contribution in [0.25, 0.3) is 10.9 Å². The van der Waals surface area contributed by atoms with Gasteiger partial charge < -0.3 is 9.72 Å². The quantitative estimate of drug-likeness (QED) is 0.752. The zero-order valence-corrected chi connectivity index (χ0v) is 15.1. The fourth-order valence-electron chi connectivity index (χ4n) is 3.77. The topological polar surface area (TPSA) is 86.9 Å². The van der Waals surface area contributed by atoms with Crippen LogP contribution >= 0.6 is 0 Å². The highest BCUT2D eigenvalue weighted by Crippen LogP contribution is 2.28. The second-order valence-electron chi connectivity index (χ2n) is 6.92. The Labute approximate surface area is 151 Å². The third-order valence-electron chi connectivity index (χ3n) is 5.03. The number of likely N-dealkylation sites (tertiary alicyclic amines) is 1. The molecule has 136 valence electrons. The van der Waals surface area contributed by atoms with Crippen molar-refractivity contribution in [3.8, 4) is 5.75 Å². The van der Waals surface area contributed by atoms with Crippen LogP contribution in [0.3, 0.4) is 0 Å². The summed E-state index contributed by atoms with van der Waals surface area (Å²) in [4.78, 5) is 21.4. The minimum atomic E-state index is -0.0729. The largest absolute Gasteiger partial charge is 0.497 e. The third kappa shape index (κ3) is 3.35. The molecular weight excluding hydrogens is 330 g/mol. The van der Waals surface area contributed by atoms with E-state index in [2.05, 4.69) is 25.1 Å². The predicted molar refractivity (Wildman–Crippen MR) is 99.5 cm³/mol. The molecule has 1 aliphatic heterocycles. The Balaban J connectivity index is 1.54. The molecule has 1 unspecified atom stereocenters. The maximum Gasteiger partial charge on any atom is 0.251 e. The first-order valence-electron chi connectivity index (χ1n) is 8.93. The van der Waals surface area contributed by atoms with Crippen LogP contribution in [0.2, 0.25) is 0 Å². The van der Waals surface area contributed by atoms with Crippen LogP contribution in [0.15, 0.2) is 29.1 Å². The van der Waals surface area contributed by atoms with E-state index in [1.807, 2.05) is 25.1 Å². The molecular formula is C19H23N5O2. The van der Waals surface area contributed by atoms with Gasteiger partial charge in [-0.3, -0.25) is 14.8 Å². The van der Waals surface area contributed by atoms with E-state index in [-0.39, 0.29) is 11.5 Å². The molecule has 2 aromatic heterocycles. The summed E-state index contributed by atoms with van der Waals surface area (Å²) in [6, 6.07) is 7.55. The molecule has 26 heavy (non-hydrogen) atoms. The van der Waals surface area contributed by atoms with Gasteiger partial charge in [0.05, 0.1) is 24.0 Å². The van der Waals surface area contributed by atoms with E-state index in [1.54, 1.807) is 13.2 Å². The molecule has 0 spiro atoms. The normalized spacial score (nSPS) is 18.3. The van der Waals surface area contributed by atoms with Crippen LogP contribution < -0.4 is 10.3 Å². The number of aromatic amines is 2. The molecule has 1 aromatic carbocycles. The molecule has 0 aliphatic carbocycles.